The molecule has 2 N–H and O–H groups in total. The number of carbonyl (C=O) groups is 1. The first-order chi connectivity index (χ1) is 17.5. The van der Waals surface area contributed by atoms with Crippen LogP contribution in [0.15, 0.2) is 60.7 Å². The lowest BCUT2D eigenvalue weighted by Gasteiger charge is -2.57. The molecule has 4 fully saturated rings. The number of carbonyl (C=O) groups excluding carboxylic acids is 1. The number of esters is 1. The van der Waals surface area contributed by atoms with E-state index in [-0.39, 0.29) is 5.69 Å². The predicted octanol–water partition coefficient (Wildman–Crippen LogP) is 7.87. The maximum Gasteiger partial charge on any atom is 0.356 e. The summed E-state index contributed by atoms with van der Waals surface area (Å²) in [6.07, 6.45) is 8.37. The molecule has 0 spiro atoms. The van der Waals surface area contributed by atoms with Crippen LogP contribution in [0.3, 0.4) is 0 Å². The summed E-state index contributed by atoms with van der Waals surface area (Å²) in [7, 11) is 0. The van der Waals surface area contributed by atoms with Crippen molar-refractivity contribution < 1.29 is 9.53 Å². The lowest BCUT2D eigenvalue weighted by atomic mass is 9.48. The van der Waals surface area contributed by atoms with Crippen LogP contribution >= 0.6 is 11.6 Å². The van der Waals surface area contributed by atoms with Crippen molar-refractivity contribution in [2.45, 2.75) is 50.9 Å². The van der Waals surface area contributed by atoms with Crippen molar-refractivity contribution in [3.8, 4) is 0 Å². The smallest absolute Gasteiger partial charge is 0.356 e. The Morgan fingerprint density at radius 1 is 0.944 bits per heavy atom. The minimum atomic E-state index is -0.424. The Morgan fingerprint density at radius 2 is 1.58 bits per heavy atom. The summed E-state index contributed by atoms with van der Waals surface area (Å²) < 4.78 is 5.03. The van der Waals surface area contributed by atoms with E-state index in [2.05, 4.69) is 33.8 Å². The summed E-state index contributed by atoms with van der Waals surface area (Å²) in [4.78, 5) is 16.3. The number of pyridine rings is 1. The monoisotopic (exact) mass is 501 g/mol. The van der Waals surface area contributed by atoms with Crippen molar-refractivity contribution >= 4 is 40.5 Å². The third-order valence-electron chi connectivity index (χ3n) is 8.29. The summed E-state index contributed by atoms with van der Waals surface area (Å²) in [6, 6.07) is 19.9. The van der Waals surface area contributed by atoms with Gasteiger partial charge in [-0.2, -0.15) is 0 Å². The van der Waals surface area contributed by atoms with Gasteiger partial charge in [0.25, 0.3) is 0 Å². The van der Waals surface area contributed by atoms with Crippen LogP contribution in [0.2, 0.25) is 5.02 Å². The van der Waals surface area contributed by atoms with Gasteiger partial charge < -0.3 is 15.4 Å². The SMILES string of the molecule is CCOC(=O)c1cccc(Nc2ccc(Nc3ccc(C45CC6CC(CC(C6)C4)C5)cc3Cl)cc2)n1. The molecule has 1 aromatic heterocycles. The van der Waals surface area contributed by atoms with E-state index >= 15 is 0 Å². The Balaban J connectivity index is 1.13. The number of hydrogen-bond acceptors (Lipinski definition) is 5. The van der Waals surface area contributed by atoms with Gasteiger partial charge in [0, 0.05) is 11.4 Å². The summed E-state index contributed by atoms with van der Waals surface area (Å²) in [5, 5.41) is 7.49. The molecule has 2 aromatic carbocycles. The quantitative estimate of drug-likeness (QED) is 0.322. The van der Waals surface area contributed by atoms with E-state index in [0.717, 1.165) is 39.8 Å². The van der Waals surface area contributed by atoms with Crippen LogP contribution in [0, 0.1) is 17.8 Å². The predicted molar refractivity (Wildman–Crippen MR) is 145 cm³/mol. The molecule has 0 atom stereocenters. The maximum absolute atomic E-state index is 11.9. The van der Waals surface area contributed by atoms with Crippen LogP contribution in [-0.2, 0) is 10.2 Å². The van der Waals surface area contributed by atoms with Crippen molar-refractivity contribution in [1.29, 1.82) is 0 Å². The van der Waals surface area contributed by atoms with Gasteiger partial charge in [-0.1, -0.05) is 23.7 Å². The average Bonchev–Trinajstić information content (AvgIpc) is 2.86. The van der Waals surface area contributed by atoms with Crippen molar-refractivity contribution in [3.05, 3.63) is 76.9 Å². The Bertz CT molecular complexity index is 1240. The standard InChI is InChI=1S/C30H32ClN3O2/c1-2-36-29(35)27-4-3-5-28(34-27)33-24-9-7-23(8-10-24)32-26-11-6-22(15-25(26)31)30-16-19-12-20(17-30)14-21(13-19)18-30/h3-11,15,19-21,32H,2,12-14,16-18H2,1H3,(H,33,34). The van der Waals surface area contributed by atoms with Crippen LogP contribution in [0.5, 0.6) is 0 Å². The van der Waals surface area contributed by atoms with E-state index < -0.39 is 5.97 Å². The zero-order chi connectivity index (χ0) is 24.7. The first-order valence-electron chi connectivity index (χ1n) is 13.1. The number of nitrogens with one attached hydrogen (secondary N) is 2. The first-order valence-corrected chi connectivity index (χ1v) is 13.5. The minimum absolute atomic E-state index is 0.284. The number of rotatable bonds is 7. The Morgan fingerprint density at radius 3 is 2.19 bits per heavy atom. The molecule has 0 unspecified atom stereocenters. The molecule has 6 heteroatoms. The molecule has 36 heavy (non-hydrogen) atoms. The fourth-order valence-electron chi connectivity index (χ4n) is 7.17. The third kappa shape index (κ3) is 4.57. The number of nitrogens with zero attached hydrogens (tertiary/aromatic N) is 1. The van der Waals surface area contributed by atoms with Crippen molar-refractivity contribution in [3.63, 3.8) is 0 Å². The maximum atomic E-state index is 11.9. The number of hydrogen-bond donors (Lipinski definition) is 2. The highest BCUT2D eigenvalue weighted by molar-refractivity contribution is 6.33. The molecule has 186 valence electrons. The zero-order valence-corrected chi connectivity index (χ0v) is 21.4. The number of benzene rings is 2. The van der Waals surface area contributed by atoms with Gasteiger partial charge in [0.05, 0.1) is 17.3 Å². The molecule has 4 aliphatic carbocycles. The third-order valence-corrected chi connectivity index (χ3v) is 8.60. The van der Waals surface area contributed by atoms with Crippen LogP contribution < -0.4 is 10.6 Å². The summed E-state index contributed by atoms with van der Waals surface area (Å²) in [5.74, 6) is 2.92. The van der Waals surface area contributed by atoms with Gasteiger partial charge in [-0.15, -0.1) is 0 Å². The Labute approximate surface area is 217 Å². The number of anilines is 4. The molecular weight excluding hydrogens is 470 g/mol. The van der Waals surface area contributed by atoms with Crippen molar-refractivity contribution in [1.82, 2.24) is 4.98 Å². The van der Waals surface area contributed by atoms with Gasteiger partial charge in [-0.3, -0.25) is 0 Å². The number of ether oxygens (including phenoxy) is 1. The van der Waals surface area contributed by atoms with Crippen molar-refractivity contribution in [2.24, 2.45) is 17.8 Å². The molecule has 3 aromatic rings. The lowest BCUT2D eigenvalue weighted by Crippen LogP contribution is -2.48. The molecular formula is C30H32ClN3O2. The van der Waals surface area contributed by atoms with Gasteiger partial charge in [0.15, 0.2) is 5.69 Å². The van der Waals surface area contributed by atoms with Gasteiger partial charge in [0.1, 0.15) is 5.82 Å². The van der Waals surface area contributed by atoms with Gasteiger partial charge in [-0.25, -0.2) is 9.78 Å². The van der Waals surface area contributed by atoms with E-state index in [1.165, 1.54) is 44.1 Å². The molecule has 5 nitrogen and oxygen atoms in total. The second kappa shape index (κ2) is 9.44. The van der Waals surface area contributed by atoms with Gasteiger partial charge in [-0.05, 0) is 123 Å². The molecule has 0 amide bonds. The molecule has 0 aliphatic heterocycles. The molecule has 7 rings (SSSR count). The van der Waals surface area contributed by atoms with Crippen LogP contribution in [0.25, 0.3) is 0 Å². The summed E-state index contributed by atoms with van der Waals surface area (Å²) in [5.41, 5.74) is 4.83. The number of aromatic nitrogens is 1. The highest BCUT2D eigenvalue weighted by Gasteiger charge is 2.51. The van der Waals surface area contributed by atoms with E-state index in [0.29, 0.717) is 17.8 Å². The fourth-order valence-corrected chi connectivity index (χ4v) is 7.40. The molecule has 4 saturated carbocycles. The topological polar surface area (TPSA) is 63.2 Å². The second-order valence-corrected chi connectivity index (χ2v) is 11.3. The summed E-state index contributed by atoms with van der Waals surface area (Å²) in [6.45, 7) is 2.10. The molecule has 0 saturated heterocycles. The zero-order valence-electron chi connectivity index (χ0n) is 20.6. The molecule has 4 bridgehead atoms. The van der Waals surface area contributed by atoms with Gasteiger partial charge >= 0.3 is 5.97 Å². The second-order valence-electron chi connectivity index (χ2n) is 10.8. The van der Waals surface area contributed by atoms with Gasteiger partial charge in [0.2, 0.25) is 0 Å². The van der Waals surface area contributed by atoms with E-state index in [9.17, 15) is 4.79 Å². The lowest BCUT2D eigenvalue weighted by molar-refractivity contribution is -0.00518. The van der Waals surface area contributed by atoms with E-state index in [1.54, 1.807) is 19.1 Å². The molecule has 1 heterocycles. The van der Waals surface area contributed by atoms with Crippen LogP contribution in [0.4, 0.5) is 22.9 Å². The Hall–Kier alpha value is -3.05. The molecule has 4 aliphatic rings. The Kier molecular flexibility index (Phi) is 6.12. The van der Waals surface area contributed by atoms with Crippen molar-refractivity contribution in [2.75, 3.05) is 17.2 Å². The highest BCUT2D eigenvalue weighted by atomic mass is 35.5. The van der Waals surface area contributed by atoms with Crippen LogP contribution in [-0.4, -0.2) is 17.6 Å². The highest BCUT2D eigenvalue weighted by Crippen LogP contribution is 2.61. The van der Waals surface area contributed by atoms with Crippen LogP contribution in [0.1, 0.15) is 61.5 Å². The normalized spacial score (nSPS) is 26.0. The summed E-state index contributed by atoms with van der Waals surface area (Å²) >= 11 is 6.80. The first kappa shape index (κ1) is 23.4. The minimum Gasteiger partial charge on any atom is -0.461 e. The van der Waals surface area contributed by atoms with E-state index in [1.807, 2.05) is 30.3 Å². The van der Waals surface area contributed by atoms with E-state index in [4.69, 9.17) is 16.3 Å². The largest absolute Gasteiger partial charge is 0.461 e. The number of halogens is 1. The molecule has 0 radical (unpaired) electrons. The average molecular weight is 502 g/mol. The fraction of sp³-hybridized carbons (Fsp3) is 0.400.